The summed E-state index contributed by atoms with van der Waals surface area (Å²) in [5, 5.41) is 0.717. The normalized spacial score (nSPS) is 10.5. The van der Waals surface area contributed by atoms with Crippen LogP contribution in [-0.4, -0.2) is 9.97 Å². The van der Waals surface area contributed by atoms with Crippen LogP contribution in [0.15, 0.2) is 34.9 Å². The van der Waals surface area contributed by atoms with E-state index in [0.29, 0.717) is 5.02 Å². The van der Waals surface area contributed by atoms with Crippen LogP contribution in [0.4, 0.5) is 0 Å². The molecular formula is C13H12BrClN2. The third-order valence-electron chi connectivity index (χ3n) is 2.34. The Labute approximate surface area is 114 Å². The van der Waals surface area contributed by atoms with E-state index in [9.17, 15) is 0 Å². The minimum Gasteiger partial charge on any atom is -0.233 e. The molecule has 4 heteroatoms. The van der Waals surface area contributed by atoms with E-state index >= 15 is 0 Å². The van der Waals surface area contributed by atoms with Gasteiger partial charge in [-0.3, -0.25) is 0 Å². The Morgan fingerprint density at radius 2 is 2.06 bits per heavy atom. The quantitative estimate of drug-likeness (QED) is 0.779. The van der Waals surface area contributed by atoms with Crippen molar-refractivity contribution in [2.24, 2.45) is 0 Å². The van der Waals surface area contributed by atoms with Crippen LogP contribution in [-0.2, 0) is 6.42 Å². The molecule has 2 nitrogen and oxygen atoms in total. The number of hydrogen-bond donors (Lipinski definition) is 0. The Morgan fingerprint density at radius 1 is 1.24 bits per heavy atom. The molecule has 0 unspecified atom stereocenters. The van der Waals surface area contributed by atoms with E-state index in [0.717, 1.165) is 34.5 Å². The third-order valence-corrected chi connectivity index (χ3v) is 2.98. The molecule has 0 atom stereocenters. The molecule has 0 N–H and O–H groups in total. The summed E-state index contributed by atoms with van der Waals surface area (Å²) in [6, 6.07) is 9.59. The molecule has 0 amide bonds. The summed E-state index contributed by atoms with van der Waals surface area (Å²) in [5.41, 5.74) is 1.91. The van der Waals surface area contributed by atoms with Gasteiger partial charge in [-0.25, -0.2) is 9.97 Å². The largest absolute Gasteiger partial charge is 0.233 e. The fraction of sp³-hybridized carbons (Fsp3) is 0.231. The zero-order valence-corrected chi connectivity index (χ0v) is 11.8. The minimum absolute atomic E-state index is 0.717. The molecule has 0 radical (unpaired) electrons. The third kappa shape index (κ3) is 3.27. The molecule has 2 aromatic rings. The Morgan fingerprint density at radius 3 is 2.76 bits per heavy atom. The van der Waals surface area contributed by atoms with Gasteiger partial charge < -0.3 is 0 Å². The second-order valence-electron chi connectivity index (χ2n) is 3.75. The number of rotatable bonds is 3. The van der Waals surface area contributed by atoms with Gasteiger partial charge in [0.25, 0.3) is 0 Å². The lowest BCUT2D eigenvalue weighted by molar-refractivity contribution is 0.831. The van der Waals surface area contributed by atoms with Gasteiger partial charge in [0.2, 0.25) is 0 Å². The highest BCUT2D eigenvalue weighted by Gasteiger charge is 2.05. The summed E-state index contributed by atoms with van der Waals surface area (Å²) in [5.74, 6) is 0.858. The smallest absolute Gasteiger partial charge is 0.130 e. The first-order valence-electron chi connectivity index (χ1n) is 5.48. The molecule has 0 fully saturated rings. The zero-order valence-electron chi connectivity index (χ0n) is 9.45. The Bertz CT molecular complexity index is 529. The number of hydrogen-bond acceptors (Lipinski definition) is 2. The molecule has 0 aliphatic heterocycles. The molecule has 17 heavy (non-hydrogen) atoms. The predicted molar refractivity (Wildman–Crippen MR) is 74.2 cm³/mol. The maximum absolute atomic E-state index is 5.98. The van der Waals surface area contributed by atoms with Crippen LogP contribution in [0.5, 0.6) is 0 Å². The van der Waals surface area contributed by atoms with Gasteiger partial charge in [0.05, 0.1) is 5.69 Å². The molecule has 0 bridgehead atoms. The lowest BCUT2D eigenvalue weighted by Crippen LogP contribution is -1.97. The molecule has 0 saturated carbocycles. The molecule has 0 saturated heterocycles. The van der Waals surface area contributed by atoms with Gasteiger partial charge in [-0.15, -0.1) is 0 Å². The van der Waals surface area contributed by atoms with Gasteiger partial charge in [0.1, 0.15) is 10.4 Å². The highest BCUT2D eigenvalue weighted by atomic mass is 79.9. The van der Waals surface area contributed by atoms with Crippen molar-refractivity contribution in [1.29, 1.82) is 0 Å². The first kappa shape index (κ1) is 12.5. The molecule has 88 valence electrons. The van der Waals surface area contributed by atoms with Crippen molar-refractivity contribution in [2.45, 2.75) is 19.8 Å². The van der Waals surface area contributed by atoms with Crippen molar-refractivity contribution in [2.75, 3.05) is 0 Å². The van der Waals surface area contributed by atoms with Crippen molar-refractivity contribution in [3.63, 3.8) is 0 Å². The lowest BCUT2D eigenvalue weighted by Gasteiger charge is -2.05. The fourth-order valence-electron chi connectivity index (χ4n) is 1.60. The summed E-state index contributed by atoms with van der Waals surface area (Å²) in [7, 11) is 0. The van der Waals surface area contributed by atoms with Gasteiger partial charge in [-0.2, -0.15) is 0 Å². The molecule has 0 aliphatic rings. The second kappa shape index (κ2) is 5.61. The van der Waals surface area contributed by atoms with Crippen LogP contribution in [0.1, 0.15) is 19.2 Å². The average Bonchev–Trinajstić information content (AvgIpc) is 2.28. The minimum atomic E-state index is 0.717. The summed E-state index contributed by atoms with van der Waals surface area (Å²) in [6.07, 6.45) is 1.92. The molecule has 2 rings (SSSR count). The summed E-state index contributed by atoms with van der Waals surface area (Å²) in [6.45, 7) is 2.11. The van der Waals surface area contributed by atoms with Gasteiger partial charge in [0, 0.05) is 17.0 Å². The van der Waals surface area contributed by atoms with Crippen molar-refractivity contribution in [3.05, 3.63) is 45.8 Å². The van der Waals surface area contributed by atoms with E-state index < -0.39 is 0 Å². The van der Waals surface area contributed by atoms with Crippen molar-refractivity contribution in [1.82, 2.24) is 9.97 Å². The van der Waals surface area contributed by atoms with Crippen LogP contribution in [0.3, 0.4) is 0 Å². The molecule has 1 aromatic carbocycles. The maximum atomic E-state index is 5.98. The van der Waals surface area contributed by atoms with Crippen LogP contribution in [0, 0.1) is 0 Å². The maximum Gasteiger partial charge on any atom is 0.130 e. The van der Waals surface area contributed by atoms with Crippen LogP contribution >= 0.6 is 27.5 Å². The van der Waals surface area contributed by atoms with Crippen molar-refractivity contribution in [3.8, 4) is 11.3 Å². The summed E-state index contributed by atoms with van der Waals surface area (Å²) >= 11 is 9.40. The Hall–Kier alpha value is -0.930. The summed E-state index contributed by atoms with van der Waals surface area (Å²) in [4.78, 5) is 8.88. The first-order valence-corrected chi connectivity index (χ1v) is 6.65. The van der Waals surface area contributed by atoms with Crippen LogP contribution in [0.25, 0.3) is 11.3 Å². The van der Waals surface area contributed by atoms with Crippen LogP contribution < -0.4 is 0 Å². The summed E-state index contributed by atoms with van der Waals surface area (Å²) < 4.78 is 0.811. The molecule has 1 heterocycles. The van der Waals surface area contributed by atoms with E-state index in [2.05, 4.69) is 32.8 Å². The van der Waals surface area contributed by atoms with Crippen molar-refractivity contribution < 1.29 is 0 Å². The molecular weight excluding hydrogens is 300 g/mol. The van der Waals surface area contributed by atoms with E-state index in [4.69, 9.17) is 11.6 Å². The van der Waals surface area contributed by atoms with E-state index in [1.54, 1.807) is 0 Å². The van der Waals surface area contributed by atoms with Gasteiger partial charge >= 0.3 is 0 Å². The molecule has 0 aliphatic carbocycles. The highest BCUT2D eigenvalue weighted by Crippen LogP contribution is 2.23. The second-order valence-corrected chi connectivity index (χ2v) is 5.00. The monoisotopic (exact) mass is 310 g/mol. The van der Waals surface area contributed by atoms with Crippen molar-refractivity contribution >= 4 is 27.5 Å². The number of aromatic nitrogens is 2. The van der Waals surface area contributed by atoms with Gasteiger partial charge in [-0.05, 0) is 40.5 Å². The van der Waals surface area contributed by atoms with E-state index in [-0.39, 0.29) is 0 Å². The Balaban J connectivity index is 2.44. The number of halogens is 2. The van der Waals surface area contributed by atoms with Gasteiger partial charge in [0.15, 0.2) is 0 Å². The van der Waals surface area contributed by atoms with Gasteiger partial charge in [-0.1, -0.05) is 30.7 Å². The first-order chi connectivity index (χ1) is 8.19. The zero-order chi connectivity index (χ0) is 12.3. The number of aryl methyl sites for hydroxylation is 1. The molecule has 0 spiro atoms. The molecule has 1 aromatic heterocycles. The van der Waals surface area contributed by atoms with Crippen LogP contribution in [0.2, 0.25) is 5.02 Å². The predicted octanol–water partition coefficient (Wildman–Crippen LogP) is 4.51. The average molecular weight is 312 g/mol. The number of nitrogens with zero attached hydrogens (tertiary/aromatic N) is 2. The van der Waals surface area contributed by atoms with E-state index in [1.165, 1.54) is 0 Å². The fourth-order valence-corrected chi connectivity index (χ4v) is 2.21. The topological polar surface area (TPSA) is 25.8 Å². The highest BCUT2D eigenvalue weighted by molar-refractivity contribution is 9.10. The lowest BCUT2D eigenvalue weighted by atomic mass is 10.1. The SMILES string of the molecule is CCCc1nc(Br)cc(-c2cccc(Cl)c2)n1. The Kier molecular flexibility index (Phi) is 4.13. The standard InChI is InChI=1S/C13H12BrClN2/c1-2-4-13-16-11(8-12(14)17-13)9-5-3-6-10(15)7-9/h3,5-8H,2,4H2,1H3. The number of benzene rings is 1. The van der Waals surface area contributed by atoms with E-state index in [1.807, 2.05) is 30.3 Å².